The lowest BCUT2D eigenvalue weighted by atomic mass is 10.0. The lowest BCUT2D eigenvalue weighted by Gasteiger charge is -2.10. The Morgan fingerprint density at radius 3 is 2.07 bits per heavy atom. The summed E-state index contributed by atoms with van der Waals surface area (Å²) in [6.07, 6.45) is 0. The maximum atomic E-state index is 10.2. The molecule has 0 N–H and O–H groups in total. The molecule has 14 heavy (non-hydrogen) atoms. The van der Waals surface area contributed by atoms with Gasteiger partial charge in [0.2, 0.25) is 0 Å². The fourth-order valence-electron chi connectivity index (χ4n) is 1.03. The highest BCUT2D eigenvalue weighted by Gasteiger charge is 2.01. The minimum Gasteiger partial charge on any atom is -0.716 e. The maximum Gasteiger partial charge on any atom is 0.262 e. The Labute approximate surface area is 83.5 Å². The van der Waals surface area contributed by atoms with Gasteiger partial charge in [-0.2, -0.15) is 0 Å². The first-order valence-corrected chi connectivity index (χ1v) is 5.47. The van der Waals surface area contributed by atoms with E-state index in [2.05, 4.69) is 4.18 Å². The van der Waals surface area contributed by atoms with Crippen LogP contribution >= 0.6 is 0 Å². The van der Waals surface area contributed by atoms with Crippen LogP contribution in [0.1, 0.15) is 25.3 Å². The molecule has 1 aromatic rings. The number of hydrogen-bond donors (Lipinski definition) is 0. The highest BCUT2D eigenvalue weighted by molar-refractivity contribution is 7.81. The van der Waals surface area contributed by atoms with Gasteiger partial charge >= 0.3 is 0 Å². The van der Waals surface area contributed by atoms with Gasteiger partial charge in [-0.05, 0) is 23.6 Å². The Balaban J connectivity index is 2.84. The van der Waals surface area contributed by atoms with Crippen LogP contribution in [0.3, 0.4) is 0 Å². The molecule has 1 rings (SSSR count). The predicted octanol–water partition coefficient (Wildman–Crippen LogP) is 1.65. The number of hydrogen-bond acceptors (Lipinski definition) is 4. The quantitative estimate of drug-likeness (QED) is 0.568. The molecule has 0 spiro atoms. The van der Waals surface area contributed by atoms with Crippen LogP contribution in [-0.4, -0.2) is 13.0 Å². The second-order valence-electron chi connectivity index (χ2n) is 3.22. The molecule has 0 saturated carbocycles. The largest absolute Gasteiger partial charge is 0.716 e. The van der Waals surface area contributed by atoms with Gasteiger partial charge in [-0.3, -0.25) is 0 Å². The average Bonchev–Trinajstić information content (AvgIpc) is 2.02. The van der Waals surface area contributed by atoms with Crippen molar-refractivity contribution in [3.63, 3.8) is 0 Å². The molecule has 1 aromatic carbocycles. The molecule has 0 radical (unpaired) electrons. The maximum absolute atomic E-state index is 10.2. The predicted molar refractivity (Wildman–Crippen MR) is 50.9 cm³/mol. The van der Waals surface area contributed by atoms with E-state index in [-0.39, 0.29) is 5.75 Å². The van der Waals surface area contributed by atoms with Gasteiger partial charge in [-0.1, -0.05) is 26.0 Å². The Hall–Kier alpha value is -1.07. The lowest BCUT2D eigenvalue weighted by Crippen LogP contribution is -2.06. The molecule has 0 aliphatic heterocycles. The van der Waals surface area contributed by atoms with E-state index in [9.17, 15) is 13.0 Å². The van der Waals surface area contributed by atoms with E-state index in [1.54, 1.807) is 12.1 Å². The lowest BCUT2D eigenvalue weighted by molar-refractivity contribution is 0.372. The highest BCUT2D eigenvalue weighted by atomic mass is 32.3. The summed E-state index contributed by atoms with van der Waals surface area (Å²) >= 11 is 0. The molecule has 5 heteroatoms. The smallest absolute Gasteiger partial charge is 0.262 e. The summed E-state index contributed by atoms with van der Waals surface area (Å²) in [5, 5.41) is 0. The Morgan fingerprint density at radius 1 is 1.21 bits per heavy atom. The van der Waals surface area contributed by atoms with E-state index in [4.69, 9.17) is 0 Å². The monoisotopic (exact) mass is 215 g/mol. The molecule has 0 aliphatic carbocycles. The van der Waals surface area contributed by atoms with Crippen LogP contribution in [-0.2, 0) is 10.4 Å². The van der Waals surface area contributed by atoms with E-state index in [0.717, 1.165) is 5.56 Å². The zero-order valence-electron chi connectivity index (χ0n) is 7.93. The molecule has 0 saturated heterocycles. The molecule has 0 heterocycles. The second-order valence-corrected chi connectivity index (χ2v) is 4.20. The minimum atomic E-state index is -4.66. The molecule has 0 unspecified atom stereocenters. The fraction of sp³-hybridized carbons (Fsp3) is 0.333. The van der Waals surface area contributed by atoms with Crippen LogP contribution in [0.15, 0.2) is 24.3 Å². The third-order valence-corrected chi connectivity index (χ3v) is 2.14. The van der Waals surface area contributed by atoms with Crippen molar-refractivity contribution < 1.29 is 17.2 Å². The second kappa shape index (κ2) is 3.98. The topological polar surface area (TPSA) is 66.4 Å². The van der Waals surface area contributed by atoms with Crippen molar-refractivity contribution >= 4 is 10.4 Å². The first-order chi connectivity index (χ1) is 6.38. The van der Waals surface area contributed by atoms with Crippen LogP contribution < -0.4 is 4.18 Å². The summed E-state index contributed by atoms with van der Waals surface area (Å²) in [4.78, 5) is 0. The van der Waals surface area contributed by atoms with Gasteiger partial charge in [0.15, 0.2) is 0 Å². The van der Waals surface area contributed by atoms with E-state index in [1.807, 2.05) is 13.8 Å². The third-order valence-electron chi connectivity index (χ3n) is 1.75. The van der Waals surface area contributed by atoms with Crippen LogP contribution in [0, 0.1) is 0 Å². The Kier molecular flexibility index (Phi) is 3.13. The van der Waals surface area contributed by atoms with Crippen molar-refractivity contribution in [3.05, 3.63) is 29.8 Å². The first-order valence-electron chi connectivity index (χ1n) is 4.14. The summed E-state index contributed by atoms with van der Waals surface area (Å²) < 4.78 is 34.9. The summed E-state index contributed by atoms with van der Waals surface area (Å²) in [6, 6.07) is 6.38. The fourth-order valence-corrected chi connectivity index (χ4v) is 1.37. The van der Waals surface area contributed by atoms with Crippen LogP contribution in [0.25, 0.3) is 0 Å². The Bertz CT molecular complexity index is 391. The van der Waals surface area contributed by atoms with E-state index in [0.29, 0.717) is 5.92 Å². The molecule has 0 fully saturated rings. The van der Waals surface area contributed by atoms with Gasteiger partial charge in [0, 0.05) is 0 Å². The molecule has 4 nitrogen and oxygen atoms in total. The molecule has 0 atom stereocenters. The summed E-state index contributed by atoms with van der Waals surface area (Å²) in [6.45, 7) is 4.03. The van der Waals surface area contributed by atoms with Crippen LogP contribution in [0.2, 0.25) is 0 Å². The van der Waals surface area contributed by atoms with Gasteiger partial charge in [-0.15, -0.1) is 0 Å². The van der Waals surface area contributed by atoms with Crippen molar-refractivity contribution in [2.45, 2.75) is 19.8 Å². The molecule has 0 aliphatic rings. The first kappa shape index (κ1) is 11.0. The minimum absolute atomic E-state index is 0.0457. The van der Waals surface area contributed by atoms with Gasteiger partial charge in [0.1, 0.15) is 5.75 Å². The van der Waals surface area contributed by atoms with Crippen LogP contribution in [0.5, 0.6) is 5.75 Å². The normalized spacial score (nSPS) is 11.7. The summed E-state index contributed by atoms with van der Waals surface area (Å²) in [5.74, 6) is 0.400. The van der Waals surface area contributed by atoms with Crippen molar-refractivity contribution in [2.75, 3.05) is 0 Å². The third kappa shape index (κ3) is 3.35. The van der Waals surface area contributed by atoms with Gasteiger partial charge in [-0.25, -0.2) is 8.42 Å². The molecule has 0 amide bonds. The molecule has 78 valence electrons. The highest BCUT2D eigenvalue weighted by Crippen LogP contribution is 2.19. The summed E-state index contributed by atoms with van der Waals surface area (Å²) in [5.41, 5.74) is 1.06. The van der Waals surface area contributed by atoms with Gasteiger partial charge in [0.25, 0.3) is 10.4 Å². The SMILES string of the molecule is CC(C)c1ccc(OS(=O)(=O)[O-])cc1. The van der Waals surface area contributed by atoms with Gasteiger partial charge < -0.3 is 8.74 Å². The van der Waals surface area contributed by atoms with E-state index in [1.165, 1.54) is 12.1 Å². The Morgan fingerprint density at radius 2 is 1.71 bits per heavy atom. The van der Waals surface area contributed by atoms with Crippen molar-refractivity contribution in [3.8, 4) is 5.75 Å². The van der Waals surface area contributed by atoms with E-state index >= 15 is 0 Å². The zero-order chi connectivity index (χ0) is 10.8. The van der Waals surface area contributed by atoms with E-state index < -0.39 is 10.4 Å². The zero-order valence-corrected chi connectivity index (χ0v) is 8.74. The average molecular weight is 215 g/mol. The molecular weight excluding hydrogens is 204 g/mol. The summed E-state index contributed by atoms with van der Waals surface area (Å²) in [7, 11) is -4.66. The number of benzene rings is 1. The molecule has 0 aromatic heterocycles. The molecular formula is C9H11O4S-. The van der Waals surface area contributed by atoms with Crippen molar-refractivity contribution in [1.82, 2.24) is 0 Å². The number of rotatable bonds is 3. The van der Waals surface area contributed by atoms with Crippen molar-refractivity contribution in [1.29, 1.82) is 0 Å². The van der Waals surface area contributed by atoms with Crippen LogP contribution in [0.4, 0.5) is 0 Å². The molecule has 0 bridgehead atoms. The van der Waals surface area contributed by atoms with Crippen molar-refractivity contribution in [2.24, 2.45) is 0 Å². The standard InChI is InChI=1S/C9H12O4S/c1-7(2)8-3-5-9(6-4-8)13-14(10,11)12/h3-7H,1-2H3,(H,10,11,12)/p-1. The van der Waals surface area contributed by atoms with Gasteiger partial charge in [0.05, 0.1) is 0 Å².